The Morgan fingerprint density at radius 2 is 1.11 bits per heavy atom. The Balaban J connectivity index is 2.28. The van der Waals surface area contributed by atoms with Gasteiger partial charge in [-0.15, -0.1) is 0 Å². The molecule has 0 aromatic heterocycles. The van der Waals surface area contributed by atoms with Crippen LogP contribution in [0, 0.1) is 0 Å². The minimum atomic E-state index is -1.94. The van der Waals surface area contributed by atoms with E-state index in [1.807, 2.05) is 0 Å². The van der Waals surface area contributed by atoms with Crippen LogP contribution in [0.3, 0.4) is 0 Å². The van der Waals surface area contributed by atoms with Crippen LogP contribution in [0.5, 0.6) is 11.5 Å². The largest absolute Gasteiger partial charge is 0.544 e. The summed E-state index contributed by atoms with van der Waals surface area (Å²) in [5.74, 6) is 2.64. The van der Waals surface area contributed by atoms with E-state index in [0.29, 0.717) is 11.8 Å². The zero-order chi connectivity index (χ0) is 26.8. The Hall–Kier alpha value is -1.73. The molecule has 0 amide bonds. The van der Waals surface area contributed by atoms with Crippen LogP contribution in [0.1, 0.15) is 91.2 Å². The van der Waals surface area contributed by atoms with Crippen molar-refractivity contribution in [1.29, 1.82) is 0 Å². The van der Waals surface area contributed by atoms with Crippen molar-refractivity contribution >= 4 is 22.3 Å². The molecule has 0 radical (unpaired) electrons. The molecule has 0 aliphatic heterocycles. The first kappa shape index (κ1) is 29.5. The van der Waals surface area contributed by atoms with E-state index in [1.165, 1.54) is 11.1 Å². The zero-order valence-corrected chi connectivity index (χ0v) is 26.5. The summed E-state index contributed by atoms with van der Waals surface area (Å²) in [5.41, 5.74) is 9.95. The summed E-state index contributed by atoms with van der Waals surface area (Å²) >= 11 is 0. The molecule has 2 unspecified atom stereocenters. The number of hydrogen-bond acceptors (Lipinski definition) is 3. The van der Waals surface area contributed by atoms with E-state index in [2.05, 4.69) is 124 Å². The minimum Gasteiger partial charge on any atom is -0.544 e. The molecule has 0 bridgehead atoms. The van der Waals surface area contributed by atoms with Gasteiger partial charge in [0.25, 0.3) is 8.32 Å². The molecule has 0 saturated carbocycles. The van der Waals surface area contributed by atoms with Gasteiger partial charge < -0.3 is 14.6 Å². The Kier molecular flexibility index (Phi) is 9.03. The van der Waals surface area contributed by atoms with Gasteiger partial charge in [-0.3, -0.25) is 0 Å². The molecule has 0 heterocycles. The van der Waals surface area contributed by atoms with Gasteiger partial charge in [-0.25, -0.2) is 0 Å². The van der Waals surface area contributed by atoms with Crippen molar-refractivity contribution in [3.8, 4) is 11.5 Å². The topological polar surface area (TPSA) is 44.5 Å². The quantitative estimate of drug-likeness (QED) is 0.268. The highest BCUT2D eigenvalue weighted by Crippen LogP contribution is 2.43. The summed E-state index contributed by atoms with van der Waals surface area (Å²) in [6, 6.07) is 15.3. The first-order chi connectivity index (χ1) is 15.9. The average molecular weight is 514 g/mol. The van der Waals surface area contributed by atoms with Crippen LogP contribution in [0.15, 0.2) is 42.5 Å². The van der Waals surface area contributed by atoms with Gasteiger partial charge in [0.15, 0.2) is 0 Å². The summed E-state index contributed by atoms with van der Waals surface area (Å²) in [5, 5.41) is 0.323. The van der Waals surface area contributed by atoms with Gasteiger partial charge in [-0.05, 0) is 96.3 Å². The highest BCUT2D eigenvalue weighted by molar-refractivity contribution is 6.75. The van der Waals surface area contributed by atoms with E-state index in [1.54, 1.807) is 0 Å². The maximum Gasteiger partial charge on any atom is 0.250 e. The molecular formula is C30H51NO2Si2. The second kappa shape index (κ2) is 10.7. The predicted octanol–water partition coefficient (Wildman–Crippen LogP) is 9.72. The number of benzene rings is 2. The number of hydrogen-bond donors (Lipinski definition) is 1. The third-order valence-corrected chi connectivity index (χ3v) is 17.2. The number of nitrogen functional groups attached to an aromatic ring is 1. The van der Waals surface area contributed by atoms with E-state index >= 15 is 0 Å². The second-order valence-corrected chi connectivity index (χ2v) is 22.6. The molecule has 0 fully saturated rings. The van der Waals surface area contributed by atoms with Crippen LogP contribution >= 0.6 is 0 Å². The highest BCUT2D eigenvalue weighted by atomic mass is 28.4. The molecule has 5 heteroatoms. The fourth-order valence-corrected chi connectivity index (χ4v) is 6.13. The Morgan fingerprint density at radius 3 is 1.54 bits per heavy atom. The standard InChI is InChI=1S/C30H51NO2Si2/c1-13-25(22-15-18-24(19-16-22)32-34(9,10)29(3,4)5)26(14-2)23-17-20-28(27(31)21-23)33-35(11,12)30(6,7)8/h15-21,25-26H,13-14,31H2,1-12H3. The highest BCUT2D eigenvalue weighted by Gasteiger charge is 2.40. The molecule has 196 valence electrons. The third kappa shape index (κ3) is 6.94. The first-order valence-corrected chi connectivity index (χ1v) is 19.1. The van der Waals surface area contributed by atoms with E-state index < -0.39 is 16.6 Å². The van der Waals surface area contributed by atoms with Crippen LogP contribution in [-0.2, 0) is 0 Å². The second-order valence-electron chi connectivity index (χ2n) is 13.1. The molecule has 2 N–H and O–H groups in total. The van der Waals surface area contributed by atoms with Crippen LogP contribution < -0.4 is 14.6 Å². The first-order valence-electron chi connectivity index (χ1n) is 13.3. The molecule has 3 nitrogen and oxygen atoms in total. The maximum absolute atomic E-state index is 6.54. The lowest BCUT2D eigenvalue weighted by Crippen LogP contribution is -2.44. The fraction of sp³-hybridized carbons (Fsp3) is 0.600. The molecule has 0 aliphatic carbocycles. The van der Waals surface area contributed by atoms with Crippen molar-refractivity contribution in [2.45, 2.75) is 116 Å². The molecule has 2 aromatic carbocycles. The SMILES string of the molecule is CCC(c1ccc(O[Si](C)(C)C(C)(C)C)cc1)C(CC)c1ccc(O[Si](C)(C)C(C)(C)C)c(N)c1. The van der Waals surface area contributed by atoms with Crippen molar-refractivity contribution in [1.82, 2.24) is 0 Å². The van der Waals surface area contributed by atoms with Crippen LogP contribution in [0.4, 0.5) is 5.69 Å². The van der Waals surface area contributed by atoms with Crippen LogP contribution in [0.25, 0.3) is 0 Å². The van der Waals surface area contributed by atoms with Gasteiger partial charge >= 0.3 is 0 Å². The van der Waals surface area contributed by atoms with Gasteiger partial charge in [-0.1, -0.05) is 73.6 Å². The van der Waals surface area contributed by atoms with Crippen molar-refractivity contribution in [2.75, 3.05) is 5.73 Å². The van der Waals surface area contributed by atoms with Crippen molar-refractivity contribution in [2.24, 2.45) is 0 Å². The van der Waals surface area contributed by atoms with E-state index in [0.717, 1.165) is 30.0 Å². The average Bonchev–Trinajstić information content (AvgIpc) is 2.72. The summed E-state index contributed by atoms with van der Waals surface area (Å²) in [4.78, 5) is 0. The van der Waals surface area contributed by atoms with Gasteiger partial charge in [0, 0.05) is 0 Å². The summed E-state index contributed by atoms with van der Waals surface area (Å²) in [6.07, 6.45) is 2.13. The maximum atomic E-state index is 6.54. The number of rotatable bonds is 9. The van der Waals surface area contributed by atoms with E-state index in [4.69, 9.17) is 14.6 Å². The van der Waals surface area contributed by atoms with Crippen LogP contribution in [-0.4, -0.2) is 16.6 Å². The molecule has 2 atom stereocenters. The van der Waals surface area contributed by atoms with Crippen LogP contribution in [0.2, 0.25) is 36.3 Å². The Morgan fingerprint density at radius 1 is 0.686 bits per heavy atom. The molecule has 0 spiro atoms. The van der Waals surface area contributed by atoms with E-state index in [-0.39, 0.29) is 10.1 Å². The monoisotopic (exact) mass is 513 g/mol. The Labute approximate surface area is 218 Å². The number of nitrogens with two attached hydrogens (primary N) is 1. The molecule has 0 saturated heterocycles. The zero-order valence-electron chi connectivity index (χ0n) is 24.5. The third-order valence-electron chi connectivity index (χ3n) is 8.49. The lowest BCUT2D eigenvalue weighted by Gasteiger charge is -2.37. The molecule has 2 aromatic rings. The predicted molar refractivity (Wildman–Crippen MR) is 159 cm³/mol. The van der Waals surface area contributed by atoms with Gasteiger partial charge in [0.1, 0.15) is 11.5 Å². The lowest BCUT2D eigenvalue weighted by molar-refractivity contribution is 0.487. The lowest BCUT2D eigenvalue weighted by atomic mass is 9.78. The smallest absolute Gasteiger partial charge is 0.250 e. The molecular weight excluding hydrogens is 463 g/mol. The molecule has 0 aliphatic rings. The molecule has 35 heavy (non-hydrogen) atoms. The summed E-state index contributed by atoms with van der Waals surface area (Å²) in [7, 11) is -3.78. The van der Waals surface area contributed by atoms with Gasteiger partial charge in [0.05, 0.1) is 5.69 Å². The minimum absolute atomic E-state index is 0.137. The van der Waals surface area contributed by atoms with Crippen molar-refractivity contribution in [3.05, 3.63) is 53.6 Å². The van der Waals surface area contributed by atoms with Gasteiger partial charge in [-0.2, -0.15) is 0 Å². The fourth-order valence-electron chi connectivity index (χ4n) is 4.05. The normalized spacial score (nSPS) is 15.0. The summed E-state index contributed by atoms with van der Waals surface area (Å²) < 4.78 is 13.0. The Bertz CT molecular complexity index is 969. The van der Waals surface area contributed by atoms with Crippen molar-refractivity contribution < 1.29 is 8.85 Å². The van der Waals surface area contributed by atoms with E-state index in [9.17, 15) is 0 Å². The number of anilines is 1. The summed E-state index contributed by atoms with van der Waals surface area (Å²) in [6.45, 7) is 27.3. The van der Waals surface area contributed by atoms with Gasteiger partial charge in [0.2, 0.25) is 8.32 Å². The van der Waals surface area contributed by atoms with Crippen molar-refractivity contribution in [3.63, 3.8) is 0 Å². The molecule has 2 rings (SSSR count).